The van der Waals surface area contributed by atoms with Crippen molar-refractivity contribution in [3.05, 3.63) is 48.2 Å². The highest BCUT2D eigenvalue weighted by Crippen LogP contribution is 2.33. The van der Waals surface area contributed by atoms with Gasteiger partial charge in [0.2, 0.25) is 0 Å². The van der Waals surface area contributed by atoms with Crippen LogP contribution in [0.5, 0.6) is 0 Å². The second-order valence-electron chi connectivity index (χ2n) is 7.74. The molecule has 2 saturated heterocycles. The van der Waals surface area contributed by atoms with Crippen LogP contribution in [0.2, 0.25) is 0 Å². The number of nitrogens with one attached hydrogen (secondary N) is 1. The minimum atomic E-state index is -0.494. The Balaban J connectivity index is 1.21. The maximum Gasteiger partial charge on any atom is 0.326 e. The van der Waals surface area contributed by atoms with Gasteiger partial charge in [-0.3, -0.25) is 9.69 Å². The molecular formula is C22H24N4O4S. The lowest BCUT2D eigenvalue weighted by Gasteiger charge is -2.37. The summed E-state index contributed by atoms with van der Waals surface area (Å²) in [6, 6.07) is 10.6. The maximum atomic E-state index is 12.9. The highest BCUT2D eigenvalue weighted by molar-refractivity contribution is 7.99. The lowest BCUT2D eigenvalue weighted by atomic mass is 10.0. The normalized spacial score (nSPS) is 19.9. The highest BCUT2D eigenvalue weighted by atomic mass is 32.2. The standard InChI is InChI=1S/C22H24N4O4S/c27-20(25-10-7-22(8-11-25)29-13-14-30-22)16-3-5-17(6-4-16)24-21(28)26-12-15-31-19-18(26)2-1-9-23-19/h1-6,9H,7-8,10-15H2,(H,24,28). The van der Waals surface area contributed by atoms with Crippen LogP contribution in [-0.2, 0) is 9.47 Å². The monoisotopic (exact) mass is 440 g/mol. The molecule has 31 heavy (non-hydrogen) atoms. The zero-order chi connectivity index (χ0) is 21.3. The summed E-state index contributed by atoms with van der Waals surface area (Å²) >= 11 is 1.65. The largest absolute Gasteiger partial charge is 0.347 e. The molecule has 2 aromatic rings. The number of carbonyl (C=O) groups excluding carboxylic acids is 2. The fourth-order valence-electron chi connectivity index (χ4n) is 4.17. The second-order valence-corrected chi connectivity index (χ2v) is 8.82. The summed E-state index contributed by atoms with van der Waals surface area (Å²) in [7, 11) is 0. The zero-order valence-electron chi connectivity index (χ0n) is 17.1. The number of likely N-dealkylation sites (tertiary alicyclic amines) is 1. The molecule has 9 heteroatoms. The first-order chi connectivity index (χ1) is 15.1. The fraction of sp³-hybridized carbons (Fsp3) is 0.409. The van der Waals surface area contributed by atoms with Gasteiger partial charge in [-0.05, 0) is 36.4 Å². The van der Waals surface area contributed by atoms with Crippen LogP contribution >= 0.6 is 11.8 Å². The smallest absolute Gasteiger partial charge is 0.326 e. The van der Waals surface area contributed by atoms with Crippen molar-refractivity contribution < 1.29 is 19.1 Å². The summed E-state index contributed by atoms with van der Waals surface area (Å²) in [5, 5.41) is 3.79. The van der Waals surface area contributed by atoms with Crippen LogP contribution in [-0.4, -0.2) is 66.2 Å². The average molecular weight is 441 g/mol. The molecule has 1 N–H and O–H groups in total. The molecule has 3 amide bonds. The first-order valence-corrected chi connectivity index (χ1v) is 11.5. The third-order valence-electron chi connectivity index (χ3n) is 5.85. The second kappa shape index (κ2) is 8.49. The summed E-state index contributed by atoms with van der Waals surface area (Å²) in [5.41, 5.74) is 2.07. The van der Waals surface area contributed by atoms with E-state index < -0.39 is 5.79 Å². The van der Waals surface area contributed by atoms with E-state index in [-0.39, 0.29) is 11.9 Å². The van der Waals surface area contributed by atoms with E-state index in [1.54, 1.807) is 47.1 Å². The quantitative estimate of drug-likeness (QED) is 0.772. The van der Waals surface area contributed by atoms with Gasteiger partial charge in [0.05, 0.1) is 18.9 Å². The number of benzene rings is 1. The van der Waals surface area contributed by atoms with Crippen LogP contribution < -0.4 is 10.2 Å². The molecule has 0 atom stereocenters. The number of aromatic nitrogens is 1. The Hall–Kier alpha value is -2.62. The number of rotatable bonds is 2. The van der Waals surface area contributed by atoms with Gasteiger partial charge in [0.25, 0.3) is 5.91 Å². The predicted octanol–water partition coefficient (Wildman–Crippen LogP) is 3.20. The number of amides is 3. The molecule has 0 aliphatic carbocycles. The van der Waals surface area contributed by atoms with Crippen molar-refractivity contribution in [3.63, 3.8) is 0 Å². The lowest BCUT2D eigenvalue weighted by molar-refractivity contribution is -0.181. The Morgan fingerprint density at radius 1 is 1.03 bits per heavy atom. The van der Waals surface area contributed by atoms with Crippen LogP contribution in [0.4, 0.5) is 16.2 Å². The Bertz CT molecular complexity index is 968. The third kappa shape index (κ3) is 4.13. The van der Waals surface area contributed by atoms with Gasteiger partial charge in [-0.2, -0.15) is 0 Å². The average Bonchev–Trinajstić information content (AvgIpc) is 3.27. The molecule has 1 spiro atoms. The van der Waals surface area contributed by atoms with E-state index in [9.17, 15) is 9.59 Å². The molecule has 0 saturated carbocycles. The number of piperidine rings is 1. The van der Waals surface area contributed by atoms with Gasteiger partial charge in [-0.15, -0.1) is 11.8 Å². The molecule has 3 aliphatic rings. The minimum absolute atomic E-state index is 0.0150. The number of ether oxygens (including phenoxy) is 2. The molecule has 0 bridgehead atoms. The molecule has 0 unspecified atom stereocenters. The molecule has 1 aromatic carbocycles. The maximum absolute atomic E-state index is 12.9. The number of anilines is 2. The first-order valence-electron chi connectivity index (χ1n) is 10.5. The number of fused-ring (bicyclic) bond motifs is 1. The van der Waals surface area contributed by atoms with E-state index in [0.29, 0.717) is 56.9 Å². The number of carbonyl (C=O) groups is 2. The van der Waals surface area contributed by atoms with Gasteiger partial charge in [-0.25, -0.2) is 9.78 Å². The van der Waals surface area contributed by atoms with E-state index in [1.807, 2.05) is 17.0 Å². The van der Waals surface area contributed by atoms with Crippen molar-refractivity contribution >= 4 is 35.1 Å². The molecular weight excluding hydrogens is 416 g/mol. The van der Waals surface area contributed by atoms with Crippen LogP contribution in [0, 0.1) is 0 Å². The zero-order valence-corrected chi connectivity index (χ0v) is 17.9. The number of hydrogen-bond acceptors (Lipinski definition) is 6. The van der Waals surface area contributed by atoms with E-state index in [0.717, 1.165) is 16.5 Å². The predicted molar refractivity (Wildman–Crippen MR) is 118 cm³/mol. The van der Waals surface area contributed by atoms with Gasteiger partial charge in [0.1, 0.15) is 5.03 Å². The Labute approximate surface area is 184 Å². The van der Waals surface area contributed by atoms with Gasteiger partial charge in [0, 0.05) is 55.7 Å². The number of hydrogen-bond donors (Lipinski definition) is 1. The van der Waals surface area contributed by atoms with Crippen molar-refractivity contribution in [2.24, 2.45) is 0 Å². The summed E-state index contributed by atoms with van der Waals surface area (Å²) in [5.74, 6) is 0.295. The number of urea groups is 1. The Morgan fingerprint density at radius 2 is 1.77 bits per heavy atom. The lowest BCUT2D eigenvalue weighted by Crippen LogP contribution is -2.47. The van der Waals surface area contributed by atoms with Crippen molar-refractivity contribution in [3.8, 4) is 0 Å². The van der Waals surface area contributed by atoms with Crippen molar-refractivity contribution in [2.45, 2.75) is 23.7 Å². The first kappa shape index (κ1) is 20.3. The molecule has 3 aliphatic heterocycles. The van der Waals surface area contributed by atoms with Gasteiger partial charge in [-0.1, -0.05) is 0 Å². The molecule has 4 heterocycles. The Morgan fingerprint density at radius 3 is 2.52 bits per heavy atom. The summed E-state index contributed by atoms with van der Waals surface area (Å²) in [6.07, 6.45) is 3.12. The fourth-order valence-corrected chi connectivity index (χ4v) is 5.10. The molecule has 162 valence electrons. The van der Waals surface area contributed by atoms with Gasteiger partial charge < -0.3 is 19.7 Å². The van der Waals surface area contributed by atoms with E-state index in [1.165, 1.54) is 0 Å². The Kier molecular flexibility index (Phi) is 5.56. The molecule has 5 rings (SSSR count). The van der Waals surface area contributed by atoms with Crippen molar-refractivity contribution in [1.82, 2.24) is 9.88 Å². The van der Waals surface area contributed by atoms with Crippen LogP contribution in [0.15, 0.2) is 47.6 Å². The van der Waals surface area contributed by atoms with Crippen LogP contribution in [0.25, 0.3) is 0 Å². The van der Waals surface area contributed by atoms with E-state index in [2.05, 4.69) is 10.3 Å². The third-order valence-corrected chi connectivity index (χ3v) is 6.82. The highest BCUT2D eigenvalue weighted by Gasteiger charge is 2.40. The molecule has 8 nitrogen and oxygen atoms in total. The summed E-state index contributed by atoms with van der Waals surface area (Å²) in [6.45, 7) is 3.09. The molecule has 1 aromatic heterocycles. The molecule has 2 fully saturated rings. The summed E-state index contributed by atoms with van der Waals surface area (Å²) in [4.78, 5) is 33.5. The van der Waals surface area contributed by atoms with Crippen LogP contribution in [0.3, 0.4) is 0 Å². The van der Waals surface area contributed by atoms with Crippen molar-refractivity contribution in [1.29, 1.82) is 0 Å². The van der Waals surface area contributed by atoms with Crippen molar-refractivity contribution in [2.75, 3.05) is 48.8 Å². The van der Waals surface area contributed by atoms with Crippen LogP contribution in [0.1, 0.15) is 23.2 Å². The number of pyridine rings is 1. The number of nitrogens with zero attached hydrogens (tertiary/aromatic N) is 3. The summed E-state index contributed by atoms with van der Waals surface area (Å²) < 4.78 is 11.5. The van der Waals surface area contributed by atoms with E-state index in [4.69, 9.17) is 9.47 Å². The minimum Gasteiger partial charge on any atom is -0.347 e. The SMILES string of the molecule is O=C(c1ccc(NC(=O)N2CCSc3ncccc32)cc1)N1CCC2(CC1)OCCO2. The number of thioether (sulfide) groups is 1. The topological polar surface area (TPSA) is 84.0 Å². The molecule has 0 radical (unpaired) electrons. The van der Waals surface area contributed by atoms with E-state index >= 15 is 0 Å². The van der Waals surface area contributed by atoms with Gasteiger partial charge in [0.15, 0.2) is 5.79 Å². The van der Waals surface area contributed by atoms with Gasteiger partial charge >= 0.3 is 6.03 Å².